The van der Waals surface area contributed by atoms with E-state index in [0.717, 1.165) is 16.0 Å². The van der Waals surface area contributed by atoms with Crippen LogP contribution in [0.4, 0.5) is 0 Å². The first-order valence-corrected chi connectivity index (χ1v) is 10.7. The minimum absolute atomic E-state index is 0.433. The first kappa shape index (κ1) is 20.1. The predicted octanol–water partition coefficient (Wildman–Crippen LogP) is 5.53. The van der Waals surface area contributed by atoms with Gasteiger partial charge in [-0.05, 0) is 59.9 Å². The van der Waals surface area contributed by atoms with Gasteiger partial charge in [-0.2, -0.15) is 14.9 Å². The zero-order chi connectivity index (χ0) is 20.8. The van der Waals surface area contributed by atoms with Gasteiger partial charge >= 0.3 is 0 Å². The van der Waals surface area contributed by atoms with Crippen molar-refractivity contribution in [1.29, 1.82) is 0 Å². The van der Waals surface area contributed by atoms with Crippen LogP contribution in [0.2, 0.25) is 0 Å². The largest absolute Gasteiger partial charge is 0.490 e. The molecule has 4 aromatic rings. The van der Waals surface area contributed by atoms with Crippen molar-refractivity contribution >= 4 is 29.8 Å². The van der Waals surface area contributed by atoms with E-state index in [1.807, 2.05) is 73.0 Å². The Morgan fingerprint density at radius 3 is 2.73 bits per heavy atom. The van der Waals surface area contributed by atoms with Crippen molar-refractivity contribution in [3.8, 4) is 22.2 Å². The van der Waals surface area contributed by atoms with Crippen LogP contribution >= 0.6 is 23.6 Å². The molecule has 2 aromatic carbocycles. The summed E-state index contributed by atoms with van der Waals surface area (Å²) in [5, 5.41) is 13.6. The smallest absolute Gasteiger partial charge is 0.216 e. The Hall–Kier alpha value is -3.23. The number of hydrogen-bond acceptors (Lipinski definition) is 6. The summed E-state index contributed by atoms with van der Waals surface area (Å²) in [6.07, 6.45) is 1.73. The zero-order valence-electron chi connectivity index (χ0n) is 16.3. The van der Waals surface area contributed by atoms with Crippen LogP contribution in [-0.4, -0.2) is 27.7 Å². The molecule has 0 amide bonds. The molecule has 2 aromatic heterocycles. The van der Waals surface area contributed by atoms with Crippen molar-refractivity contribution in [2.24, 2.45) is 5.10 Å². The molecule has 30 heavy (non-hydrogen) atoms. The maximum atomic E-state index is 5.96. The van der Waals surface area contributed by atoms with Gasteiger partial charge in [0.2, 0.25) is 4.77 Å². The molecule has 0 bridgehead atoms. The molecule has 0 aliphatic carbocycles. The lowest BCUT2D eigenvalue weighted by Crippen LogP contribution is -2.00. The molecule has 8 heteroatoms. The zero-order valence-corrected chi connectivity index (χ0v) is 18.0. The number of nitrogens with one attached hydrogen (secondary N) is 1. The number of benzene rings is 2. The van der Waals surface area contributed by atoms with Crippen molar-refractivity contribution in [3.63, 3.8) is 0 Å². The van der Waals surface area contributed by atoms with Gasteiger partial charge in [-0.25, -0.2) is 5.10 Å². The highest BCUT2D eigenvalue weighted by Crippen LogP contribution is 2.29. The number of nitrogens with zero attached hydrogens (tertiary/aromatic N) is 3. The summed E-state index contributed by atoms with van der Waals surface area (Å²) in [5.74, 6) is 2.04. The molecule has 0 saturated carbocycles. The van der Waals surface area contributed by atoms with E-state index in [0.29, 0.717) is 35.3 Å². The van der Waals surface area contributed by atoms with Gasteiger partial charge in [0.25, 0.3) is 0 Å². The highest BCUT2D eigenvalue weighted by atomic mass is 32.1. The van der Waals surface area contributed by atoms with Gasteiger partial charge in [0, 0.05) is 0 Å². The number of aromatic nitrogens is 3. The molecular weight excluding hydrogens is 416 g/mol. The molecule has 0 unspecified atom stereocenters. The molecule has 152 valence electrons. The summed E-state index contributed by atoms with van der Waals surface area (Å²) in [6, 6.07) is 19.7. The van der Waals surface area contributed by atoms with Crippen LogP contribution in [0.3, 0.4) is 0 Å². The Kier molecular flexibility index (Phi) is 6.36. The summed E-state index contributed by atoms with van der Waals surface area (Å²) in [6.45, 7) is 2.96. The minimum Gasteiger partial charge on any atom is -0.490 e. The minimum atomic E-state index is 0.433. The van der Waals surface area contributed by atoms with Gasteiger partial charge in [-0.15, -0.1) is 11.3 Å². The highest BCUT2D eigenvalue weighted by molar-refractivity contribution is 7.71. The third-order valence-electron chi connectivity index (χ3n) is 4.22. The summed E-state index contributed by atoms with van der Waals surface area (Å²) in [7, 11) is 0. The maximum absolute atomic E-state index is 5.96. The van der Waals surface area contributed by atoms with Crippen LogP contribution in [0.15, 0.2) is 71.1 Å². The first-order valence-electron chi connectivity index (χ1n) is 9.44. The number of H-pyrrole nitrogens is 1. The van der Waals surface area contributed by atoms with Crippen LogP contribution in [-0.2, 0) is 6.61 Å². The fourth-order valence-electron chi connectivity index (χ4n) is 2.82. The first-order chi connectivity index (χ1) is 14.7. The Labute approximate surface area is 183 Å². The topological polar surface area (TPSA) is 64.4 Å². The number of hydrogen-bond donors (Lipinski definition) is 1. The molecule has 0 aliphatic heterocycles. The molecule has 0 aliphatic rings. The van der Waals surface area contributed by atoms with E-state index in [9.17, 15) is 0 Å². The summed E-state index contributed by atoms with van der Waals surface area (Å²) >= 11 is 6.90. The molecule has 4 rings (SSSR count). The van der Waals surface area contributed by atoms with Crippen LogP contribution < -0.4 is 9.47 Å². The van der Waals surface area contributed by atoms with E-state index in [1.54, 1.807) is 22.2 Å². The summed E-state index contributed by atoms with van der Waals surface area (Å²) in [5.41, 5.74) is 1.96. The fourth-order valence-corrected chi connectivity index (χ4v) is 3.69. The molecule has 2 heterocycles. The highest BCUT2D eigenvalue weighted by Gasteiger charge is 2.10. The van der Waals surface area contributed by atoms with Gasteiger partial charge in [0.05, 0.1) is 17.7 Å². The Balaban J connectivity index is 1.56. The van der Waals surface area contributed by atoms with E-state index >= 15 is 0 Å². The molecular formula is C22H20N4O2S2. The predicted molar refractivity (Wildman–Crippen MR) is 122 cm³/mol. The van der Waals surface area contributed by atoms with Crippen molar-refractivity contribution in [2.45, 2.75) is 13.5 Å². The number of ether oxygens (including phenoxy) is 2. The van der Waals surface area contributed by atoms with E-state index in [-0.39, 0.29) is 0 Å². The van der Waals surface area contributed by atoms with E-state index in [2.05, 4.69) is 15.3 Å². The second kappa shape index (κ2) is 9.51. The van der Waals surface area contributed by atoms with Gasteiger partial charge in [0.15, 0.2) is 17.3 Å². The lowest BCUT2D eigenvalue weighted by Gasteiger charge is -2.12. The lowest BCUT2D eigenvalue weighted by molar-refractivity contribution is 0.269. The molecule has 0 saturated heterocycles. The fraction of sp³-hybridized carbons (Fsp3) is 0.136. The van der Waals surface area contributed by atoms with Crippen LogP contribution in [0.1, 0.15) is 18.1 Å². The summed E-state index contributed by atoms with van der Waals surface area (Å²) < 4.78 is 13.8. The lowest BCUT2D eigenvalue weighted by atomic mass is 10.2. The molecule has 0 atom stereocenters. The Morgan fingerprint density at radius 1 is 1.10 bits per heavy atom. The third-order valence-corrected chi connectivity index (χ3v) is 5.35. The normalized spacial score (nSPS) is 11.1. The number of thiophene rings is 1. The number of rotatable bonds is 8. The van der Waals surface area contributed by atoms with Crippen LogP contribution in [0.25, 0.3) is 10.7 Å². The SMILES string of the molecule is CCOc1cc(/C=N\n2c(-c3cccs3)n[nH]c2=S)ccc1OCc1ccccc1. The second-order valence-electron chi connectivity index (χ2n) is 6.30. The maximum Gasteiger partial charge on any atom is 0.216 e. The third kappa shape index (κ3) is 4.67. The van der Waals surface area contributed by atoms with E-state index in [4.69, 9.17) is 21.7 Å². The molecule has 1 N–H and O–H groups in total. The van der Waals surface area contributed by atoms with Crippen molar-refractivity contribution < 1.29 is 9.47 Å². The standard InChI is InChI=1S/C22H20N4O2S2/c1-2-27-19-13-17(10-11-18(19)28-15-16-7-4-3-5-8-16)14-23-26-21(24-25-22(26)29)20-9-6-12-30-20/h3-14H,2,15H2,1H3,(H,25,29)/b23-14-. The van der Waals surface area contributed by atoms with Crippen molar-refractivity contribution in [1.82, 2.24) is 14.9 Å². The van der Waals surface area contributed by atoms with Crippen LogP contribution in [0, 0.1) is 4.77 Å². The van der Waals surface area contributed by atoms with Gasteiger partial charge in [0.1, 0.15) is 6.61 Å². The molecule has 0 spiro atoms. The Bertz CT molecular complexity index is 1180. The van der Waals surface area contributed by atoms with Crippen molar-refractivity contribution in [3.05, 3.63) is 81.9 Å². The Morgan fingerprint density at radius 2 is 1.97 bits per heavy atom. The van der Waals surface area contributed by atoms with E-state index in [1.165, 1.54) is 0 Å². The van der Waals surface area contributed by atoms with Gasteiger partial charge in [-0.3, -0.25) is 0 Å². The van der Waals surface area contributed by atoms with Crippen molar-refractivity contribution in [2.75, 3.05) is 6.61 Å². The molecule has 0 radical (unpaired) electrons. The average Bonchev–Trinajstić information content (AvgIpc) is 3.42. The van der Waals surface area contributed by atoms with Gasteiger partial charge in [-0.1, -0.05) is 36.4 Å². The van der Waals surface area contributed by atoms with Crippen LogP contribution in [0.5, 0.6) is 11.5 Å². The monoisotopic (exact) mass is 436 g/mol. The molecule has 6 nitrogen and oxygen atoms in total. The second-order valence-corrected chi connectivity index (χ2v) is 7.63. The molecule has 0 fully saturated rings. The summed E-state index contributed by atoms with van der Waals surface area (Å²) in [4.78, 5) is 0.985. The average molecular weight is 437 g/mol. The van der Waals surface area contributed by atoms with E-state index < -0.39 is 0 Å². The van der Waals surface area contributed by atoms with Gasteiger partial charge < -0.3 is 9.47 Å². The number of aromatic amines is 1. The quantitative estimate of drug-likeness (QED) is 0.291.